The summed E-state index contributed by atoms with van der Waals surface area (Å²) in [6, 6.07) is 5.60. The SMILES string of the molecule is CCCOc1ccc(C(=O)NC2CCNC2)cc1OCCC. The van der Waals surface area contributed by atoms with Gasteiger partial charge in [-0.1, -0.05) is 13.8 Å². The summed E-state index contributed by atoms with van der Waals surface area (Å²) in [5.74, 6) is 1.29. The average Bonchev–Trinajstić information content (AvgIpc) is 3.04. The number of carbonyl (C=O) groups is 1. The third-order valence-corrected chi connectivity index (χ3v) is 3.52. The van der Waals surface area contributed by atoms with Crippen LogP contribution in [0.5, 0.6) is 11.5 Å². The van der Waals surface area contributed by atoms with Gasteiger partial charge in [-0.3, -0.25) is 4.79 Å². The molecule has 0 aromatic heterocycles. The smallest absolute Gasteiger partial charge is 0.251 e. The molecular weight excluding hydrogens is 280 g/mol. The molecule has 0 saturated carbocycles. The number of ether oxygens (including phenoxy) is 2. The summed E-state index contributed by atoms with van der Waals surface area (Å²) in [6.07, 6.45) is 2.82. The highest BCUT2D eigenvalue weighted by molar-refractivity contribution is 5.95. The third kappa shape index (κ3) is 4.63. The fraction of sp³-hybridized carbons (Fsp3) is 0.588. The van der Waals surface area contributed by atoms with E-state index in [9.17, 15) is 4.79 Å². The van der Waals surface area contributed by atoms with Gasteiger partial charge in [-0.2, -0.15) is 0 Å². The van der Waals surface area contributed by atoms with Crippen LogP contribution in [0.1, 0.15) is 43.5 Å². The lowest BCUT2D eigenvalue weighted by Gasteiger charge is -2.15. The molecule has 1 aromatic carbocycles. The molecule has 0 radical (unpaired) electrons. The zero-order valence-electron chi connectivity index (χ0n) is 13.5. The molecule has 122 valence electrons. The number of rotatable bonds is 8. The minimum absolute atomic E-state index is 0.0583. The second kappa shape index (κ2) is 8.63. The Morgan fingerprint density at radius 1 is 1.23 bits per heavy atom. The van der Waals surface area contributed by atoms with Gasteiger partial charge in [0.1, 0.15) is 0 Å². The Morgan fingerprint density at radius 3 is 2.59 bits per heavy atom. The summed E-state index contributed by atoms with van der Waals surface area (Å²) in [4.78, 5) is 12.3. The summed E-state index contributed by atoms with van der Waals surface area (Å²) < 4.78 is 11.4. The third-order valence-electron chi connectivity index (χ3n) is 3.52. The fourth-order valence-electron chi connectivity index (χ4n) is 2.35. The second-order valence-corrected chi connectivity index (χ2v) is 5.52. The van der Waals surface area contributed by atoms with Crippen LogP contribution < -0.4 is 20.1 Å². The Hall–Kier alpha value is -1.75. The van der Waals surface area contributed by atoms with Crippen LogP contribution >= 0.6 is 0 Å². The Bertz CT molecular complexity index is 485. The summed E-state index contributed by atoms with van der Waals surface area (Å²) in [7, 11) is 0. The maximum atomic E-state index is 12.3. The van der Waals surface area contributed by atoms with Crippen LogP contribution in [0.15, 0.2) is 18.2 Å². The van der Waals surface area contributed by atoms with Gasteiger partial charge < -0.3 is 20.1 Å². The Labute approximate surface area is 132 Å². The first-order chi connectivity index (χ1) is 10.7. The van der Waals surface area contributed by atoms with Crippen molar-refractivity contribution in [2.75, 3.05) is 26.3 Å². The lowest BCUT2D eigenvalue weighted by atomic mass is 10.1. The van der Waals surface area contributed by atoms with Gasteiger partial charge in [0.25, 0.3) is 5.91 Å². The van der Waals surface area contributed by atoms with Gasteiger partial charge in [0.05, 0.1) is 13.2 Å². The van der Waals surface area contributed by atoms with Crippen molar-refractivity contribution in [2.45, 2.75) is 39.2 Å². The molecule has 2 rings (SSSR count). The molecule has 1 aliphatic rings. The van der Waals surface area contributed by atoms with Crippen LogP contribution in [-0.4, -0.2) is 38.3 Å². The average molecular weight is 306 g/mol. The van der Waals surface area contributed by atoms with E-state index in [1.165, 1.54) is 0 Å². The fourth-order valence-corrected chi connectivity index (χ4v) is 2.35. The molecular formula is C17H26N2O3. The quantitative estimate of drug-likeness (QED) is 0.774. The van der Waals surface area contributed by atoms with Crippen LogP contribution in [0.4, 0.5) is 0 Å². The largest absolute Gasteiger partial charge is 0.490 e. The minimum atomic E-state index is -0.0583. The molecule has 1 aliphatic heterocycles. The maximum Gasteiger partial charge on any atom is 0.251 e. The molecule has 0 bridgehead atoms. The van der Waals surface area contributed by atoms with E-state index in [0.717, 1.165) is 32.4 Å². The van der Waals surface area contributed by atoms with E-state index in [-0.39, 0.29) is 11.9 Å². The molecule has 1 aromatic rings. The van der Waals surface area contributed by atoms with Gasteiger partial charge in [0, 0.05) is 18.2 Å². The van der Waals surface area contributed by atoms with Crippen molar-refractivity contribution >= 4 is 5.91 Å². The molecule has 22 heavy (non-hydrogen) atoms. The van der Waals surface area contributed by atoms with Crippen LogP contribution in [0.25, 0.3) is 0 Å². The topological polar surface area (TPSA) is 59.6 Å². The summed E-state index contributed by atoms with van der Waals surface area (Å²) in [5.41, 5.74) is 0.613. The lowest BCUT2D eigenvalue weighted by Crippen LogP contribution is -2.36. The molecule has 0 spiro atoms. The molecule has 1 saturated heterocycles. The first-order valence-corrected chi connectivity index (χ1v) is 8.15. The van der Waals surface area contributed by atoms with Gasteiger partial charge in [-0.25, -0.2) is 0 Å². The predicted octanol–water partition coefficient (Wildman–Crippen LogP) is 2.36. The first kappa shape index (κ1) is 16.6. The molecule has 1 amide bonds. The molecule has 5 heteroatoms. The van der Waals surface area contributed by atoms with E-state index in [0.29, 0.717) is 30.3 Å². The molecule has 1 atom stereocenters. The second-order valence-electron chi connectivity index (χ2n) is 5.52. The number of hydrogen-bond donors (Lipinski definition) is 2. The molecule has 5 nitrogen and oxygen atoms in total. The van der Waals surface area contributed by atoms with E-state index in [4.69, 9.17) is 9.47 Å². The summed E-state index contributed by atoms with van der Waals surface area (Å²) >= 11 is 0. The number of nitrogens with one attached hydrogen (secondary N) is 2. The molecule has 0 aliphatic carbocycles. The van der Waals surface area contributed by atoms with Gasteiger partial charge in [-0.05, 0) is 44.0 Å². The van der Waals surface area contributed by atoms with Crippen LogP contribution in [0.3, 0.4) is 0 Å². The van der Waals surface area contributed by atoms with E-state index >= 15 is 0 Å². The number of benzene rings is 1. The normalized spacial score (nSPS) is 17.3. The van der Waals surface area contributed by atoms with Crippen LogP contribution in [-0.2, 0) is 0 Å². The first-order valence-electron chi connectivity index (χ1n) is 8.15. The number of amides is 1. The van der Waals surface area contributed by atoms with Crippen molar-refractivity contribution in [1.29, 1.82) is 0 Å². The Balaban J connectivity index is 2.08. The molecule has 1 unspecified atom stereocenters. The Kier molecular flexibility index (Phi) is 6.52. The van der Waals surface area contributed by atoms with Crippen LogP contribution in [0.2, 0.25) is 0 Å². The van der Waals surface area contributed by atoms with Gasteiger partial charge in [-0.15, -0.1) is 0 Å². The highest BCUT2D eigenvalue weighted by atomic mass is 16.5. The zero-order chi connectivity index (χ0) is 15.8. The monoisotopic (exact) mass is 306 g/mol. The van der Waals surface area contributed by atoms with Crippen molar-refractivity contribution in [3.05, 3.63) is 23.8 Å². The van der Waals surface area contributed by atoms with Crippen molar-refractivity contribution in [2.24, 2.45) is 0 Å². The molecule has 2 N–H and O–H groups in total. The highest BCUT2D eigenvalue weighted by Crippen LogP contribution is 2.29. The van der Waals surface area contributed by atoms with Crippen molar-refractivity contribution in [3.8, 4) is 11.5 Å². The standard InChI is InChI=1S/C17H26N2O3/c1-3-9-21-15-6-5-13(11-16(15)22-10-4-2)17(20)19-14-7-8-18-12-14/h5-6,11,14,18H,3-4,7-10,12H2,1-2H3,(H,19,20). The van der Waals surface area contributed by atoms with E-state index in [2.05, 4.69) is 24.5 Å². The van der Waals surface area contributed by atoms with Crippen molar-refractivity contribution in [1.82, 2.24) is 10.6 Å². The summed E-state index contributed by atoms with van der Waals surface area (Å²) in [6.45, 7) is 7.16. The number of carbonyl (C=O) groups excluding carboxylic acids is 1. The minimum Gasteiger partial charge on any atom is -0.490 e. The van der Waals surface area contributed by atoms with E-state index in [1.807, 2.05) is 6.07 Å². The molecule has 1 heterocycles. The highest BCUT2D eigenvalue weighted by Gasteiger charge is 2.18. The Morgan fingerprint density at radius 2 is 1.95 bits per heavy atom. The lowest BCUT2D eigenvalue weighted by molar-refractivity contribution is 0.0939. The van der Waals surface area contributed by atoms with Gasteiger partial charge in [0.15, 0.2) is 11.5 Å². The maximum absolute atomic E-state index is 12.3. The molecule has 1 fully saturated rings. The zero-order valence-corrected chi connectivity index (χ0v) is 13.5. The van der Waals surface area contributed by atoms with E-state index < -0.39 is 0 Å². The predicted molar refractivity (Wildman–Crippen MR) is 86.8 cm³/mol. The van der Waals surface area contributed by atoms with Gasteiger partial charge in [0.2, 0.25) is 0 Å². The van der Waals surface area contributed by atoms with Gasteiger partial charge >= 0.3 is 0 Å². The van der Waals surface area contributed by atoms with E-state index in [1.54, 1.807) is 12.1 Å². The summed E-state index contributed by atoms with van der Waals surface area (Å²) in [5, 5.41) is 6.28. The van der Waals surface area contributed by atoms with Crippen molar-refractivity contribution < 1.29 is 14.3 Å². The van der Waals surface area contributed by atoms with Crippen molar-refractivity contribution in [3.63, 3.8) is 0 Å². The van der Waals surface area contributed by atoms with Crippen LogP contribution in [0, 0.1) is 0 Å². The number of hydrogen-bond acceptors (Lipinski definition) is 4.